The van der Waals surface area contributed by atoms with E-state index in [-0.39, 0.29) is 0 Å². The minimum absolute atomic E-state index is 0.950. The number of hydrogen-bond donors (Lipinski definition) is 0. The van der Waals surface area contributed by atoms with Crippen LogP contribution in [0.3, 0.4) is 0 Å². The fourth-order valence-electron chi connectivity index (χ4n) is 0.851. The summed E-state index contributed by atoms with van der Waals surface area (Å²) >= 11 is 0. The van der Waals surface area contributed by atoms with Gasteiger partial charge in [0.05, 0.1) is 0 Å². The van der Waals surface area contributed by atoms with Crippen molar-refractivity contribution in [3.05, 3.63) is 39.3 Å². The molecule has 0 bridgehead atoms. The van der Waals surface area contributed by atoms with Crippen molar-refractivity contribution >= 4 is 5.69 Å². The number of hydrogen-bond acceptors (Lipinski definition) is 2. The zero-order valence-corrected chi connectivity index (χ0v) is 6.80. The van der Waals surface area contributed by atoms with E-state index >= 15 is 0 Å². The fourth-order valence-corrected chi connectivity index (χ4v) is 0.851. The molecule has 0 aliphatic carbocycles. The van der Waals surface area contributed by atoms with Crippen LogP contribution in [0.15, 0.2) is 5.11 Å². The Kier molecular flexibility index (Phi) is 2.78. The van der Waals surface area contributed by atoms with Crippen molar-refractivity contribution in [1.29, 1.82) is 5.26 Å². The lowest BCUT2D eigenvalue weighted by Crippen LogP contribution is -2.00. The molecule has 76 valence electrons. The second-order valence-electron chi connectivity index (χ2n) is 2.28. The highest BCUT2D eigenvalue weighted by molar-refractivity contribution is 5.48. The van der Waals surface area contributed by atoms with Crippen LogP contribution < -0.4 is 0 Å². The van der Waals surface area contributed by atoms with E-state index in [1.807, 2.05) is 4.91 Å². The van der Waals surface area contributed by atoms with Crippen molar-refractivity contribution in [1.82, 2.24) is 0 Å². The van der Waals surface area contributed by atoms with Crippen LogP contribution in [0, 0.1) is 34.6 Å². The first-order chi connectivity index (χ1) is 7.04. The Balaban J connectivity index is 3.75. The molecule has 0 N–H and O–H groups in total. The minimum atomic E-state index is -1.90. The maximum absolute atomic E-state index is 12.9. The average molecular weight is 216 g/mol. The van der Waals surface area contributed by atoms with Crippen molar-refractivity contribution in [2.45, 2.75) is 0 Å². The maximum atomic E-state index is 12.9. The molecule has 0 aliphatic rings. The van der Waals surface area contributed by atoms with E-state index in [0.29, 0.717) is 0 Å². The predicted octanol–water partition coefficient (Wildman–Crippen LogP) is 3.06. The van der Waals surface area contributed by atoms with Crippen LogP contribution in [-0.2, 0) is 0 Å². The molecule has 0 amide bonds. The van der Waals surface area contributed by atoms with E-state index in [0.717, 1.165) is 6.07 Å². The highest BCUT2D eigenvalue weighted by Crippen LogP contribution is 2.29. The Hall–Kier alpha value is -2.26. The summed E-state index contributed by atoms with van der Waals surface area (Å²) in [6, 6.07) is 0.950. The van der Waals surface area contributed by atoms with Crippen LogP contribution in [0.4, 0.5) is 23.2 Å². The van der Waals surface area contributed by atoms with Crippen molar-refractivity contribution < 1.29 is 17.6 Å². The first kappa shape index (κ1) is 10.8. The molecule has 1 rings (SSSR count). The molecular weight excluding hydrogens is 216 g/mol. The minimum Gasteiger partial charge on any atom is -0.203 e. The number of nitrogens with zero attached hydrogens (tertiary/aromatic N) is 4. The largest absolute Gasteiger partial charge is 0.203 e. The normalized spacial score (nSPS) is 9.27. The van der Waals surface area contributed by atoms with Gasteiger partial charge in [-0.25, -0.2) is 17.6 Å². The summed E-state index contributed by atoms with van der Waals surface area (Å²) in [5, 5.41) is 10.6. The molecule has 0 radical (unpaired) electrons. The van der Waals surface area contributed by atoms with Gasteiger partial charge < -0.3 is 0 Å². The summed E-state index contributed by atoms with van der Waals surface area (Å²) in [5.41, 5.74) is 5.05. The molecule has 1 aromatic carbocycles. The summed E-state index contributed by atoms with van der Waals surface area (Å²) in [5.74, 6) is -7.58. The molecule has 0 saturated heterocycles. The molecule has 0 spiro atoms. The van der Waals surface area contributed by atoms with Gasteiger partial charge in [0.25, 0.3) is 0 Å². The van der Waals surface area contributed by atoms with Gasteiger partial charge in [-0.15, -0.1) is 0 Å². The van der Waals surface area contributed by atoms with E-state index < -0.39 is 34.5 Å². The summed E-state index contributed by atoms with van der Waals surface area (Å²) in [6.45, 7) is 0. The van der Waals surface area contributed by atoms with Crippen LogP contribution in [0.5, 0.6) is 0 Å². The molecule has 0 heterocycles. The van der Waals surface area contributed by atoms with E-state index in [1.54, 1.807) is 0 Å². The molecule has 8 heteroatoms. The Morgan fingerprint density at radius 3 is 1.87 bits per heavy atom. The van der Waals surface area contributed by atoms with Gasteiger partial charge in [0, 0.05) is 4.91 Å². The van der Waals surface area contributed by atoms with E-state index in [2.05, 4.69) is 5.11 Å². The number of nitriles is 1. The third kappa shape index (κ3) is 1.56. The quantitative estimate of drug-likeness (QED) is 0.234. The third-order valence-corrected chi connectivity index (χ3v) is 1.50. The van der Waals surface area contributed by atoms with Gasteiger partial charge in [0.15, 0.2) is 23.3 Å². The lowest BCUT2D eigenvalue weighted by atomic mass is 10.1. The molecule has 0 atom stereocenters. The van der Waals surface area contributed by atoms with Crippen LogP contribution in [0.25, 0.3) is 10.4 Å². The molecule has 15 heavy (non-hydrogen) atoms. The van der Waals surface area contributed by atoms with E-state index in [4.69, 9.17) is 10.8 Å². The first-order valence-electron chi connectivity index (χ1n) is 3.35. The smallest absolute Gasteiger partial charge is 0.180 e. The molecule has 0 fully saturated rings. The van der Waals surface area contributed by atoms with Crippen molar-refractivity contribution in [3.8, 4) is 6.07 Å². The lowest BCUT2D eigenvalue weighted by Gasteiger charge is -2.02. The van der Waals surface area contributed by atoms with Gasteiger partial charge in [0.2, 0.25) is 0 Å². The van der Waals surface area contributed by atoms with Gasteiger partial charge in [-0.3, -0.25) is 0 Å². The van der Waals surface area contributed by atoms with Crippen LogP contribution in [0.2, 0.25) is 0 Å². The Labute approximate surface area is 80.0 Å². The molecule has 4 nitrogen and oxygen atoms in total. The molecule has 0 saturated carbocycles. The standard InChI is InChI=1S/C7F4N4/c8-3-2(1-12)4(9)6(11)7(5(3)10)14-15-13. The van der Waals surface area contributed by atoms with Gasteiger partial charge in [-0.1, -0.05) is 5.11 Å². The fraction of sp³-hybridized carbons (Fsp3) is 0. The molecule has 0 unspecified atom stereocenters. The summed E-state index contributed by atoms with van der Waals surface area (Å²) < 4.78 is 51.4. The first-order valence-corrected chi connectivity index (χ1v) is 3.35. The van der Waals surface area contributed by atoms with E-state index in [1.165, 1.54) is 0 Å². The highest BCUT2D eigenvalue weighted by Gasteiger charge is 2.24. The van der Waals surface area contributed by atoms with Crippen LogP contribution in [0.1, 0.15) is 5.56 Å². The highest BCUT2D eigenvalue weighted by atomic mass is 19.2. The van der Waals surface area contributed by atoms with Crippen molar-refractivity contribution in [3.63, 3.8) is 0 Å². The number of azide groups is 1. The van der Waals surface area contributed by atoms with Crippen LogP contribution in [-0.4, -0.2) is 0 Å². The number of benzene rings is 1. The van der Waals surface area contributed by atoms with E-state index in [9.17, 15) is 17.6 Å². The zero-order chi connectivity index (χ0) is 11.6. The number of rotatable bonds is 1. The predicted molar refractivity (Wildman–Crippen MR) is 39.8 cm³/mol. The van der Waals surface area contributed by atoms with Crippen molar-refractivity contribution in [2.75, 3.05) is 0 Å². The van der Waals surface area contributed by atoms with Gasteiger partial charge >= 0.3 is 0 Å². The third-order valence-electron chi connectivity index (χ3n) is 1.50. The topological polar surface area (TPSA) is 72.5 Å². The Morgan fingerprint density at radius 1 is 1.07 bits per heavy atom. The average Bonchev–Trinajstić information content (AvgIpc) is 2.23. The summed E-state index contributed by atoms with van der Waals surface area (Å²) in [6.07, 6.45) is 0. The molecule has 0 aliphatic heterocycles. The summed E-state index contributed by atoms with van der Waals surface area (Å²) in [4.78, 5) is 1.99. The maximum Gasteiger partial charge on any atom is 0.180 e. The summed E-state index contributed by atoms with van der Waals surface area (Å²) in [7, 11) is 0. The van der Waals surface area contributed by atoms with Gasteiger partial charge in [0.1, 0.15) is 17.3 Å². The molecular formula is C7F4N4. The number of halogens is 4. The second kappa shape index (κ2) is 3.86. The van der Waals surface area contributed by atoms with Gasteiger partial charge in [-0.05, 0) is 5.53 Å². The Bertz CT molecular complexity index is 484. The Morgan fingerprint density at radius 2 is 1.53 bits per heavy atom. The molecule has 1 aromatic rings. The SMILES string of the molecule is N#Cc1c(F)c(F)c(N=[N+]=[N-])c(F)c1F. The van der Waals surface area contributed by atoms with Gasteiger partial charge in [-0.2, -0.15) is 5.26 Å². The monoisotopic (exact) mass is 216 g/mol. The van der Waals surface area contributed by atoms with Crippen LogP contribution >= 0.6 is 0 Å². The van der Waals surface area contributed by atoms with Crippen molar-refractivity contribution in [2.24, 2.45) is 5.11 Å². The lowest BCUT2D eigenvalue weighted by molar-refractivity contribution is 0.453. The molecule has 0 aromatic heterocycles. The zero-order valence-electron chi connectivity index (χ0n) is 6.80. The second-order valence-corrected chi connectivity index (χ2v) is 2.28.